The molecule has 2 rings (SSSR count). The van der Waals surface area contributed by atoms with E-state index < -0.39 is 0 Å². The quantitative estimate of drug-likeness (QED) is 0.733. The van der Waals surface area contributed by atoms with Gasteiger partial charge in [-0.1, -0.05) is 50.2 Å². The van der Waals surface area contributed by atoms with E-state index in [1.807, 2.05) is 24.3 Å². The smallest absolute Gasteiger partial charge is 0.239 e. The van der Waals surface area contributed by atoms with Gasteiger partial charge >= 0.3 is 0 Å². The topological polar surface area (TPSA) is 50.4 Å². The number of carbonyl (C=O) groups is 1. The second-order valence-electron chi connectivity index (χ2n) is 5.92. The van der Waals surface area contributed by atoms with Gasteiger partial charge in [0.25, 0.3) is 0 Å². The van der Waals surface area contributed by atoms with E-state index in [1.54, 1.807) is 7.11 Å². The Kier molecular flexibility index (Phi) is 7.33. The Morgan fingerprint density at radius 2 is 1.60 bits per heavy atom. The molecule has 4 heteroatoms. The van der Waals surface area contributed by atoms with Gasteiger partial charge in [-0.3, -0.25) is 4.79 Å². The van der Waals surface area contributed by atoms with Crippen LogP contribution in [0.3, 0.4) is 0 Å². The summed E-state index contributed by atoms with van der Waals surface area (Å²) in [6.45, 7) is 5.15. The van der Waals surface area contributed by atoms with Crippen LogP contribution >= 0.6 is 0 Å². The number of carbonyl (C=O) groups excluding carboxylic acids is 1. The Bertz CT molecular complexity index is 676. The minimum absolute atomic E-state index is 0.00265. The van der Waals surface area contributed by atoms with Crippen molar-refractivity contribution in [2.45, 2.75) is 33.1 Å². The number of ether oxygens (including phenoxy) is 1. The van der Waals surface area contributed by atoms with Crippen molar-refractivity contribution >= 4 is 11.6 Å². The van der Waals surface area contributed by atoms with E-state index in [9.17, 15) is 4.79 Å². The molecule has 0 aliphatic carbocycles. The first-order valence-electron chi connectivity index (χ1n) is 8.92. The van der Waals surface area contributed by atoms with Crippen molar-refractivity contribution in [3.05, 3.63) is 59.2 Å². The van der Waals surface area contributed by atoms with Crippen LogP contribution in [0, 0.1) is 0 Å². The van der Waals surface area contributed by atoms with Gasteiger partial charge in [0.2, 0.25) is 5.91 Å². The summed E-state index contributed by atoms with van der Waals surface area (Å²) in [5, 5.41) is 6.29. The first-order valence-corrected chi connectivity index (χ1v) is 8.92. The Morgan fingerprint density at radius 1 is 0.960 bits per heavy atom. The van der Waals surface area contributed by atoms with Gasteiger partial charge in [0.1, 0.15) is 5.75 Å². The van der Waals surface area contributed by atoms with Crippen LogP contribution in [-0.4, -0.2) is 26.1 Å². The average molecular weight is 340 g/mol. The third-order valence-corrected chi connectivity index (χ3v) is 4.33. The summed E-state index contributed by atoms with van der Waals surface area (Å²) >= 11 is 0. The predicted molar refractivity (Wildman–Crippen MR) is 103 cm³/mol. The summed E-state index contributed by atoms with van der Waals surface area (Å²) < 4.78 is 5.33. The highest BCUT2D eigenvalue weighted by Gasteiger charge is 2.08. The van der Waals surface area contributed by atoms with E-state index in [-0.39, 0.29) is 12.5 Å². The highest BCUT2D eigenvalue weighted by molar-refractivity contribution is 5.81. The van der Waals surface area contributed by atoms with Gasteiger partial charge in [0, 0.05) is 12.2 Å². The average Bonchev–Trinajstić information content (AvgIpc) is 2.66. The fourth-order valence-electron chi connectivity index (χ4n) is 2.95. The van der Waals surface area contributed by atoms with E-state index >= 15 is 0 Å². The summed E-state index contributed by atoms with van der Waals surface area (Å²) in [5.41, 5.74) is 4.71. The molecule has 0 atom stereocenters. The molecule has 0 spiro atoms. The molecule has 0 fully saturated rings. The van der Waals surface area contributed by atoms with Crippen LogP contribution in [0.5, 0.6) is 5.75 Å². The number of nitrogens with one attached hydrogen (secondary N) is 2. The Labute approximate surface area is 150 Å². The van der Waals surface area contributed by atoms with Crippen molar-refractivity contribution in [2.24, 2.45) is 0 Å². The molecule has 25 heavy (non-hydrogen) atoms. The zero-order valence-corrected chi connectivity index (χ0v) is 15.4. The second-order valence-corrected chi connectivity index (χ2v) is 5.92. The Balaban J connectivity index is 1.85. The summed E-state index contributed by atoms with van der Waals surface area (Å²) in [6, 6.07) is 14.2. The maximum atomic E-state index is 12.2. The molecular weight excluding hydrogens is 312 g/mol. The van der Waals surface area contributed by atoms with Crippen molar-refractivity contribution in [1.82, 2.24) is 5.32 Å². The minimum atomic E-state index is 0.00265. The van der Waals surface area contributed by atoms with E-state index in [1.165, 1.54) is 11.1 Å². The molecule has 4 nitrogen and oxygen atoms in total. The molecule has 0 radical (unpaired) electrons. The van der Waals surface area contributed by atoms with Crippen LogP contribution in [0.1, 0.15) is 30.5 Å². The number of para-hydroxylation sites is 2. The third-order valence-electron chi connectivity index (χ3n) is 4.33. The Hall–Kier alpha value is -2.49. The number of anilines is 1. The number of benzene rings is 2. The fraction of sp³-hybridized carbons (Fsp3) is 0.381. The molecule has 1 amide bonds. The zero-order chi connectivity index (χ0) is 18.1. The normalized spacial score (nSPS) is 10.4. The molecule has 0 aliphatic heterocycles. The van der Waals surface area contributed by atoms with Crippen molar-refractivity contribution < 1.29 is 9.53 Å². The van der Waals surface area contributed by atoms with Crippen molar-refractivity contribution in [3.8, 4) is 5.75 Å². The van der Waals surface area contributed by atoms with Crippen LogP contribution in [0.25, 0.3) is 0 Å². The summed E-state index contributed by atoms with van der Waals surface area (Å²) in [5.74, 6) is 0.863. The van der Waals surface area contributed by atoms with Gasteiger partial charge in [0.15, 0.2) is 0 Å². The largest absolute Gasteiger partial charge is 0.496 e. The van der Waals surface area contributed by atoms with Gasteiger partial charge in [-0.25, -0.2) is 0 Å². The van der Waals surface area contributed by atoms with E-state index in [4.69, 9.17) is 4.74 Å². The fourth-order valence-corrected chi connectivity index (χ4v) is 2.95. The predicted octanol–water partition coefficient (Wildman–Crippen LogP) is 3.59. The lowest BCUT2D eigenvalue weighted by atomic mass is 10.0. The highest BCUT2D eigenvalue weighted by atomic mass is 16.5. The number of rotatable bonds is 9. The number of hydrogen-bond acceptors (Lipinski definition) is 3. The molecule has 0 unspecified atom stereocenters. The second kappa shape index (κ2) is 9.72. The number of amides is 1. The molecule has 0 aliphatic rings. The van der Waals surface area contributed by atoms with E-state index in [0.29, 0.717) is 6.54 Å². The van der Waals surface area contributed by atoms with Crippen molar-refractivity contribution in [1.29, 1.82) is 0 Å². The molecule has 0 saturated carbocycles. The first kappa shape index (κ1) is 18.8. The zero-order valence-electron chi connectivity index (χ0n) is 15.4. The van der Waals surface area contributed by atoms with Crippen molar-refractivity contribution in [2.75, 3.05) is 25.5 Å². The molecule has 2 aromatic carbocycles. The lowest BCUT2D eigenvalue weighted by molar-refractivity contribution is -0.119. The van der Waals surface area contributed by atoms with Crippen LogP contribution in [0.4, 0.5) is 5.69 Å². The molecule has 0 bridgehead atoms. The summed E-state index contributed by atoms with van der Waals surface area (Å²) in [6.07, 6.45) is 2.65. The molecule has 2 N–H and O–H groups in total. The summed E-state index contributed by atoms with van der Waals surface area (Å²) in [4.78, 5) is 12.2. The van der Waals surface area contributed by atoms with Gasteiger partial charge in [-0.15, -0.1) is 0 Å². The van der Waals surface area contributed by atoms with Gasteiger partial charge in [-0.05, 0) is 42.0 Å². The highest BCUT2D eigenvalue weighted by Crippen LogP contribution is 2.22. The monoisotopic (exact) mass is 340 g/mol. The van der Waals surface area contributed by atoms with Crippen LogP contribution in [0.2, 0.25) is 0 Å². The Morgan fingerprint density at radius 3 is 2.24 bits per heavy atom. The maximum Gasteiger partial charge on any atom is 0.239 e. The molecule has 2 aromatic rings. The van der Waals surface area contributed by atoms with Crippen LogP contribution < -0.4 is 15.4 Å². The first-order chi connectivity index (χ1) is 12.2. The molecule has 134 valence electrons. The molecule has 0 heterocycles. The van der Waals surface area contributed by atoms with Crippen LogP contribution in [0.15, 0.2) is 42.5 Å². The molecule has 0 saturated heterocycles. The lowest BCUT2D eigenvalue weighted by Crippen LogP contribution is -2.31. The van der Waals surface area contributed by atoms with Gasteiger partial charge < -0.3 is 15.4 Å². The number of methoxy groups -OCH3 is 1. The van der Waals surface area contributed by atoms with Crippen molar-refractivity contribution in [3.63, 3.8) is 0 Å². The number of hydrogen-bond donors (Lipinski definition) is 2. The lowest BCUT2D eigenvalue weighted by Gasteiger charge is -2.15. The molecule has 0 aromatic heterocycles. The SMILES string of the molecule is CCc1cccc(CC)c1NCC(=O)NCCc1ccccc1OC. The standard InChI is InChI=1S/C21H28N2O2/c1-4-16-10-8-11-17(5-2)21(16)23-15-20(24)22-14-13-18-9-6-7-12-19(18)25-3/h6-12,23H,4-5,13-15H2,1-3H3,(H,22,24). The van der Waals surface area contributed by atoms with Gasteiger partial charge in [-0.2, -0.15) is 0 Å². The van der Waals surface area contributed by atoms with E-state index in [0.717, 1.165) is 36.3 Å². The maximum absolute atomic E-state index is 12.2. The molecular formula is C21H28N2O2. The van der Waals surface area contributed by atoms with E-state index in [2.05, 4.69) is 42.7 Å². The third kappa shape index (κ3) is 5.24. The summed E-state index contributed by atoms with van der Waals surface area (Å²) in [7, 11) is 1.66. The van der Waals surface area contributed by atoms with Crippen LogP contribution in [-0.2, 0) is 24.1 Å². The number of aryl methyl sites for hydroxylation is 2. The minimum Gasteiger partial charge on any atom is -0.496 e. The van der Waals surface area contributed by atoms with Gasteiger partial charge in [0.05, 0.1) is 13.7 Å².